The van der Waals surface area contributed by atoms with E-state index in [1.54, 1.807) is 24.3 Å². The van der Waals surface area contributed by atoms with Gasteiger partial charge >= 0.3 is 0 Å². The Hall–Kier alpha value is -3.00. The molecule has 0 radical (unpaired) electrons. The highest BCUT2D eigenvalue weighted by Crippen LogP contribution is 2.18. The summed E-state index contributed by atoms with van der Waals surface area (Å²) in [5.41, 5.74) is 3.16. The fourth-order valence-electron chi connectivity index (χ4n) is 4.35. The second-order valence-electron chi connectivity index (χ2n) is 9.04. The molecule has 1 fully saturated rings. The van der Waals surface area contributed by atoms with E-state index < -0.39 is 10.0 Å². The van der Waals surface area contributed by atoms with E-state index >= 15 is 0 Å². The van der Waals surface area contributed by atoms with Gasteiger partial charge in [-0.2, -0.15) is 0 Å². The molecular weight excluding hydrogens is 458 g/mol. The number of rotatable bonds is 9. The summed E-state index contributed by atoms with van der Waals surface area (Å²) >= 11 is 0. The Bertz CT molecular complexity index is 1190. The summed E-state index contributed by atoms with van der Waals surface area (Å²) < 4.78 is 28.3. The van der Waals surface area contributed by atoms with Gasteiger partial charge in [-0.05, 0) is 42.2 Å². The minimum Gasteiger partial charge on any atom is -0.340 e. The third-order valence-electron chi connectivity index (χ3n) is 6.47. The molecule has 0 aromatic heterocycles. The normalized spacial score (nSPS) is 15.6. The van der Waals surface area contributed by atoms with Crippen LogP contribution in [0.1, 0.15) is 36.1 Å². The van der Waals surface area contributed by atoms with E-state index in [4.69, 9.17) is 0 Å². The van der Waals surface area contributed by atoms with Crippen LogP contribution in [0.3, 0.4) is 0 Å². The molecule has 1 amide bonds. The summed E-state index contributed by atoms with van der Waals surface area (Å²) in [7, 11) is -3.63. The van der Waals surface area contributed by atoms with Crippen molar-refractivity contribution in [2.75, 3.05) is 26.2 Å². The highest BCUT2D eigenvalue weighted by atomic mass is 32.2. The predicted octanol–water partition coefficient (Wildman–Crippen LogP) is 4.00. The first-order valence-corrected chi connectivity index (χ1v) is 13.6. The molecule has 1 atom stereocenters. The largest absolute Gasteiger partial charge is 0.340 e. The first-order valence-electron chi connectivity index (χ1n) is 12.1. The van der Waals surface area contributed by atoms with Crippen molar-refractivity contribution >= 4 is 15.9 Å². The molecule has 1 aliphatic rings. The van der Waals surface area contributed by atoms with Crippen LogP contribution in [0, 0.1) is 0 Å². The second kappa shape index (κ2) is 11.6. The lowest BCUT2D eigenvalue weighted by Gasteiger charge is -2.34. The topological polar surface area (TPSA) is 69.7 Å². The summed E-state index contributed by atoms with van der Waals surface area (Å²) in [5, 5.41) is 0. The van der Waals surface area contributed by atoms with Crippen molar-refractivity contribution in [1.82, 2.24) is 14.5 Å². The van der Waals surface area contributed by atoms with Crippen molar-refractivity contribution in [1.29, 1.82) is 0 Å². The maximum absolute atomic E-state index is 12.8. The molecule has 4 rings (SSSR count). The Labute approximate surface area is 208 Å². The lowest BCUT2D eigenvalue weighted by Crippen LogP contribution is -2.48. The van der Waals surface area contributed by atoms with E-state index in [1.165, 1.54) is 5.56 Å². The predicted molar refractivity (Wildman–Crippen MR) is 138 cm³/mol. The average Bonchev–Trinajstić information content (AvgIpc) is 2.89. The summed E-state index contributed by atoms with van der Waals surface area (Å²) in [6.45, 7) is 5.98. The molecule has 6 nitrogen and oxygen atoms in total. The van der Waals surface area contributed by atoms with Crippen molar-refractivity contribution in [2.45, 2.75) is 37.2 Å². The van der Waals surface area contributed by atoms with E-state index in [0.717, 1.165) is 43.9 Å². The van der Waals surface area contributed by atoms with Gasteiger partial charge in [0.2, 0.25) is 15.9 Å². The molecule has 1 aliphatic heterocycles. The molecule has 0 unspecified atom stereocenters. The first kappa shape index (κ1) is 25.1. The molecular formula is C28H33N3O3S. The Kier molecular flexibility index (Phi) is 8.33. The number of benzene rings is 3. The lowest BCUT2D eigenvalue weighted by atomic mass is 10.1. The third kappa shape index (κ3) is 7.01. The minimum atomic E-state index is -3.63. The van der Waals surface area contributed by atoms with Crippen LogP contribution >= 0.6 is 0 Å². The van der Waals surface area contributed by atoms with E-state index in [9.17, 15) is 13.2 Å². The molecule has 3 aromatic rings. The zero-order valence-electron chi connectivity index (χ0n) is 20.1. The number of carbonyl (C=O) groups excluding carboxylic acids is 1. The van der Waals surface area contributed by atoms with Gasteiger partial charge in [0.1, 0.15) is 0 Å². The van der Waals surface area contributed by atoms with Crippen LogP contribution in [-0.4, -0.2) is 50.3 Å². The molecule has 1 N–H and O–H groups in total. The van der Waals surface area contributed by atoms with Gasteiger partial charge in [-0.25, -0.2) is 13.1 Å². The Morgan fingerprint density at radius 3 is 2.06 bits per heavy atom. The van der Waals surface area contributed by atoms with Gasteiger partial charge in [0.25, 0.3) is 0 Å². The van der Waals surface area contributed by atoms with Crippen molar-refractivity contribution in [3.63, 3.8) is 0 Å². The smallest absolute Gasteiger partial charge is 0.241 e. The minimum absolute atomic E-state index is 0.152. The van der Waals surface area contributed by atoms with E-state index in [0.29, 0.717) is 12.8 Å². The highest BCUT2D eigenvalue weighted by Gasteiger charge is 2.21. The number of piperazine rings is 1. The number of hydrogen-bond donors (Lipinski definition) is 1. The standard InChI is InChI=1S/C28H33N3O3S/c1-23(26-10-6-3-7-11-26)29-35(33,34)27-15-12-24(13-16-27)14-17-28(32)31-20-18-30(19-21-31)22-25-8-4-2-5-9-25/h2-13,15-16,23,29H,14,17-22H2,1H3/t23-/m1/s1. The molecule has 184 valence electrons. The highest BCUT2D eigenvalue weighted by molar-refractivity contribution is 7.89. The molecule has 0 saturated carbocycles. The van der Waals surface area contributed by atoms with Crippen LogP contribution in [0.15, 0.2) is 89.8 Å². The van der Waals surface area contributed by atoms with Gasteiger partial charge in [0, 0.05) is 45.2 Å². The second-order valence-corrected chi connectivity index (χ2v) is 10.8. The van der Waals surface area contributed by atoms with Crippen LogP contribution in [0.2, 0.25) is 0 Å². The lowest BCUT2D eigenvalue weighted by molar-refractivity contribution is -0.133. The Balaban J connectivity index is 1.24. The number of sulfonamides is 1. The summed E-state index contributed by atoms with van der Waals surface area (Å²) in [5.74, 6) is 0.152. The Morgan fingerprint density at radius 2 is 1.43 bits per heavy atom. The summed E-state index contributed by atoms with van der Waals surface area (Å²) in [6.07, 6.45) is 1.02. The molecule has 1 heterocycles. The van der Waals surface area contributed by atoms with E-state index in [-0.39, 0.29) is 16.8 Å². The molecule has 0 aliphatic carbocycles. The van der Waals surface area contributed by atoms with Crippen molar-refractivity contribution in [3.8, 4) is 0 Å². The van der Waals surface area contributed by atoms with Gasteiger partial charge in [-0.1, -0.05) is 72.8 Å². The van der Waals surface area contributed by atoms with Crippen LogP contribution in [0.5, 0.6) is 0 Å². The number of nitrogens with zero attached hydrogens (tertiary/aromatic N) is 2. The Morgan fingerprint density at radius 1 is 0.829 bits per heavy atom. The van der Waals surface area contributed by atoms with Crippen LogP contribution in [0.4, 0.5) is 0 Å². The van der Waals surface area contributed by atoms with Crippen LogP contribution < -0.4 is 4.72 Å². The van der Waals surface area contributed by atoms with Crippen molar-refractivity contribution < 1.29 is 13.2 Å². The quantitative estimate of drug-likeness (QED) is 0.491. The third-order valence-corrected chi connectivity index (χ3v) is 8.02. The molecule has 3 aromatic carbocycles. The number of amides is 1. The van der Waals surface area contributed by atoms with Crippen molar-refractivity contribution in [3.05, 3.63) is 102 Å². The average molecular weight is 492 g/mol. The van der Waals surface area contributed by atoms with Crippen LogP contribution in [0.25, 0.3) is 0 Å². The van der Waals surface area contributed by atoms with Gasteiger partial charge in [0.15, 0.2) is 0 Å². The zero-order valence-corrected chi connectivity index (χ0v) is 21.0. The molecule has 35 heavy (non-hydrogen) atoms. The molecule has 1 saturated heterocycles. The number of hydrogen-bond acceptors (Lipinski definition) is 4. The van der Waals surface area contributed by atoms with Gasteiger partial charge in [0.05, 0.1) is 4.90 Å². The zero-order chi connectivity index (χ0) is 24.7. The molecule has 7 heteroatoms. The number of carbonyl (C=O) groups is 1. The SMILES string of the molecule is C[C@@H](NS(=O)(=O)c1ccc(CCC(=O)N2CCN(Cc3ccccc3)CC2)cc1)c1ccccc1. The maximum atomic E-state index is 12.8. The van der Waals surface area contributed by atoms with E-state index in [1.807, 2.05) is 48.2 Å². The number of aryl methyl sites for hydroxylation is 1. The fourth-order valence-corrected chi connectivity index (χ4v) is 5.58. The van der Waals surface area contributed by atoms with Gasteiger partial charge in [-0.15, -0.1) is 0 Å². The fraction of sp³-hybridized carbons (Fsp3) is 0.321. The van der Waals surface area contributed by atoms with Gasteiger partial charge in [-0.3, -0.25) is 9.69 Å². The number of nitrogens with one attached hydrogen (secondary N) is 1. The monoisotopic (exact) mass is 491 g/mol. The summed E-state index contributed by atoms with van der Waals surface area (Å²) in [6, 6.07) is 26.4. The van der Waals surface area contributed by atoms with Gasteiger partial charge < -0.3 is 4.90 Å². The van der Waals surface area contributed by atoms with E-state index in [2.05, 4.69) is 33.9 Å². The summed E-state index contributed by atoms with van der Waals surface area (Å²) in [4.78, 5) is 17.3. The molecule has 0 bridgehead atoms. The first-order chi connectivity index (χ1) is 16.9. The molecule has 0 spiro atoms. The maximum Gasteiger partial charge on any atom is 0.241 e. The van der Waals surface area contributed by atoms with Crippen LogP contribution in [-0.2, 0) is 27.8 Å². The van der Waals surface area contributed by atoms with Crippen molar-refractivity contribution in [2.24, 2.45) is 0 Å².